The van der Waals surface area contributed by atoms with Gasteiger partial charge in [0.2, 0.25) is 0 Å². The third-order valence-electron chi connectivity index (χ3n) is 3.07. The van der Waals surface area contributed by atoms with E-state index in [0.29, 0.717) is 28.5 Å². The smallest absolute Gasteiger partial charge is 0.139 e. The highest BCUT2D eigenvalue weighted by Gasteiger charge is 2.06. The maximum absolute atomic E-state index is 14.3. The van der Waals surface area contributed by atoms with Crippen LogP contribution in [0.4, 0.5) is 10.1 Å². The Bertz CT molecular complexity index is 802. The summed E-state index contributed by atoms with van der Waals surface area (Å²) in [6, 6.07) is 8.52. The van der Waals surface area contributed by atoms with Crippen LogP contribution >= 0.6 is 11.8 Å². The molecule has 1 aromatic heterocycles. The third-order valence-corrected chi connectivity index (χ3v) is 4.13. The molecule has 0 saturated carbocycles. The quantitative estimate of drug-likeness (QED) is 0.655. The summed E-state index contributed by atoms with van der Waals surface area (Å²) < 4.78 is 14.3. The molecule has 0 aliphatic carbocycles. The van der Waals surface area contributed by atoms with E-state index in [1.165, 1.54) is 17.8 Å². The van der Waals surface area contributed by atoms with Crippen LogP contribution in [0, 0.1) is 5.82 Å². The van der Waals surface area contributed by atoms with E-state index in [1.807, 2.05) is 19.1 Å². The van der Waals surface area contributed by atoms with Gasteiger partial charge in [-0.05, 0) is 42.8 Å². The second-order valence-corrected chi connectivity index (χ2v) is 6.22. The average Bonchev–Trinajstić information content (AvgIpc) is 2.57. The lowest BCUT2D eigenvalue weighted by molar-refractivity contribution is 0.602. The Morgan fingerprint density at radius 1 is 1.32 bits per heavy atom. The number of allylic oxidation sites excluding steroid dienone is 1. The standard InChI is InChI=1S/C18H20FN5S/c1-3-13(23-12(2)20)11-18(21)24-14-4-5-17(16(19)10-14)25-15-6-8-22-9-7-15/h4-11,24H,2-3,20-21H2,1H3/b18-11+,23-13-. The van der Waals surface area contributed by atoms with Crippen molar-refractivity contribution < 1.29 is 4.39 Å². The number of nitrogens with zero attached hydrogens (tertiary/aromatic N) is 2. The van der Waals surface area contributed by atoms with Gasteiger partial charge in [0.15, 0.2) is 0 Å². The minimum atomic E-state index is -0.334. The number of halogens is 1. The van der Waals surface area contributed by atoms with E-state index in [9.17, 15) is 4.39 Å². The van der Waals surface area contributed by atoms with E-state index in [4.69, 9.17) is 11.5 Å². The van der Waals surface area contributed by atoms with Crippen molar-refractivity contribution in [2.75, 3.05) is 5.32 Å². The normalized spacial score (nSPS) is 12.1. The fraction of sp³-hybridized carbons (Fsp3) is 0.111. The molecule has 2 rings (SSSR count). The van der Waals surface area contributed by atoms with Gasteiger partial charge in [-0.2, -0.15) is 0 Å². The van der Waals surface area contributed by atoms with Crippen molar-refractivity contribution in [2.24, 2.45) is 16.5 Å². The number of aromatic nitrogens is 1. The molecule has 0 unspecified atom stereocenters. The van der Waals surface area contributed by atoms with Crippen molar-refractivity contribution in [3.05, 3.63) is 72.8 Å². The lowest BCUT2D eigenvalue weighted by atomic mass is 10.2. The van der Waals surface area contributed by atoms with Crippen molar-refractivity contribution in [1.29, 1.82) is 0 Å². The lowest BCUT2D eigenvalue weighted by Crippen LogP contribution is -2.12. The molecule has 0 aliphatic rings. The molecule has 0 spiro atoms. The predicted octanol–water partition coefficient (Wildman–Crippen LogP) is 3.86. The third kappa shape index (κ3) is 5.96. The number of nitrogens with two attached hydrogens (primary N) is 2. The van der Waals surface area contributed by atoms with E-state index in [0.717, 1.165) is 4.90 Å². The number of hydrogen-bond acceptors (Lipinski definition) is 6. The fourth-order valence-electron chi connectivity index (χ4n) is 1.97. The summed E-state index contributed by atoms with van der Waals surface area (Å²) in [7, 11) is 0. The molecule has 0 radical (unpaired) electrons. The molecule has 0 saturated heterocycles. The van der Waals surface area contributed by atoms with Crippen LogP contribution in [0.5, 0.6) is 0 Å². The number of rotatable bonds is 7. The summed E-state index contributed by atoms with van der Waals surface area (Å²) >= 11 is 1.33. The zero-order chi connectivity index (χ0) is 18.2. The Hall–Kier alpha value is -2.80. The first-order chi connectivity index (χ1) is 12.0. The van der Waals surface area contributed by atoms with Crippen LogP contribution < -0.4 is 16.8 Å². The minimum absolute atomic E-state index is 0.212. The number of hydrogen-bond donors (Lipinski definition) is 3. The SMILES string of the molecule is C=C(N)/N=C(\C=C(/N)Nc1ccc(Sc2ccncc2)c(F)c1)CC. The average molecular weight is 357 g/mol. The van der Waals surface area contributed by atoms with Gasteiger partial charge in [-0.3, -0.25) is 4.98 Å². The van der Waals surface area contributed by atoms with Gasteiger partial charge in [0.1, 0.15) is 17.5 Å². The van der Waals surface area contributed by atoms with E-state index in [1.54, 1.807) is 30.6 Å². The summed E-state index contributed by atoms with van der Waals surface area (Å²) in [4.78, 5) is 9.46. The van der Waals surface area contributed by atoms with Crippen LogP contribution in [0.15, 0.2) is 81.8 Å². The highest BCUT2D eigenvalue weighted by molar-refractivity contribution is 7.99. The predicted molar refractivity (Wildman–Crippen MR) is 102 cm³/mol. The monoisotopic (exact) mass is 357 g/mol. The molecule has 1 aromatic carbocycles. The maximum Gasteiger partial charge on any atom is 0.139 e. The zero-order valence-electron chi connectivity index (χ0n) is 13.9. The Balaban J connectivity index is 2.11. The van der Waals surface area contributed by atoms with E-state index in [-0.39, 0.29) is 11.6 Å². The van der Waals surface area contributed by atoms with Gasteiger partial charge < -0.3 is 16.8 Å². The Labute approximate surface area is 150 Å². The van der Waals surface area contributed by atoms with E-state index < -0.39 is 0 Å². The fourth-order valence-corrected chi connectivity index (χ4v) is 2.78. The molecule has 25 heavy (non-hydrogen) atoms. The summed E-state index contributed by atoms with van der Waals surface area (Å²) in [5, 5.41) is 2.94. The van der Waals surface area contributed by atoms with Crippen LogP contribution in [0.3, 0.4) is 0 Å². The molecule has 0 atom stereocenters. The maximum atomic E-state index is 14.3. The van der Waals surface area contributed by atoms with Gasteiger partial charge in [-0.25, -0.2) is 9.38 Å². The zero-order valence-corrected chi connectivity index (χ0v) is 14.7. The second-order valence-electron chi connectivity index (χ2n) is 5.10. The van der Waals surface area contributed by atoms with Gasteiger partial charge >= 0.3 is 0 Å². The molecule has 0 aliphatic heterocycles. The summed E-state index contributed by atoms with van der Waals surface area (Å²) in [5.74, 6) is 0.222. The summed E-state index contributed by atoms with van der Waals surface area (Å²) in [5.41, 5.74) is 12.6. The lowest BCUT2D eigenvalue weighted by Gasteiger charge is -2.09. The van der Waals surface area contributed by atoms with Gasteiger partial charge in [0.05, 0.1) is 0 Å². The Kier molecular flexibility index (Phi) is 6.59. The van der Waals surface area contributed by atoms with Gasteiger partial charge in [0.25, 0.3) is 0 Å². The van der Waals surface area contributed by atoms with E-state index in [2.05, 4.69) is 21.9 Å². The first kappa shape index (κ1) is 18.5. The van der Waals surface area contributed by atoms with Gasteiger partial charge in [0, 0.05) is 33.6 Å². The Morgan fingerprint density at radius 2 is 2.04 bits per heavy atom. The number of aliphatic imine (C=N–C) groups is 1. The molecular weight excluding hydrogens is 337 g/mol. The van der Waals surface area contributed by atoms with Crippen LogP contribution in [0.25, 0.3) is 0 Å². The highest BCUT2D eigenvalue weighted by Crippen LogP contribution is 2.30. The number of pyridine rings is 1. The van der Waals surface area contributed by atoms with Crippen LogP contribution in [0.1, 0.15) is 13.3 Å². The Morgan fingerprint density at radius 3 is 2.64 bits per heavy atom. The van der Waals surface area contributed by atoms with Crippen LogP contribution in [-0.4, -0.2) is 10.7 Å². The summed E-state index contributed by atoms with van der Waals surface area (Å²) in [6.07, 6.45) is 5.64. The minimum Gasteiger partial charge on any atom is -0.385 e. The van der Waals surface area contributed by atoms with Crippen LogP contribution in [-0.2, 0) is 0 Å². The largest absolute Gasteiger partial charge is 0.385 e. The van der Waals surface area contributed by atoms with E-state index >= 15 is 0 Å². The first-order valence-electron chi connectivity index (χ1n) is 7.61. The molecule has 5 N–H and O–H groups in total. The van der Waals surface area contributed by atoms with Gasteiger partial charge in [-0.1, -0.05) is 25.3 Å². The van der Waals surface area contributed by atoms with Crippen molar-refractivity contribution >= 4 is 23.2 Å². The molecule has 7 heteroatoms. The first-order valence-corrected chi connectivity index (χ1v) is 8.43. The van der Waals surface area contributed by atoms with Crippen molar-refractivity contribution in [2.45, 2.75) is 23.1 Å². The summed E-state index contributed by atoms with van der Waals surface area (Å²) in [6.45, 7) is 5.46. The molecular formula is C18H20FN5S. The molecule has 0 amide bonds. The molecule has 2 aromatic rings. The molecule has 0 bridgehead atoms. The molecule has 0 fully saturated rings. The molecule has 130 valence electrons. The highest BCUT2D eigenvalue weighted by atomic mass is 32.2. The van der Waals surface area contributed by atoms with Gasteiger partial charge in [-0.15, -0.1) is 0 Å². The topological polar surface area (TPSA) is 89.3 Å². The van der Waals surface area contributed by atoms with Crippen molar-refractivity contribution in [1.82, 2.24) is 4.98 Å². The molecule has 1 heterocycles. The van der Waals surface area contributed by atoms with Crippen molar-refractivity contribution in [3.63, 3.8) is 0 Å². The number of benzene rings is 1. The molecule has 5 nitrogen and oxygen atoms in total. The second kappa shape index (κ2) is 8.89. The van der Waals surface area contributed by atoms with Crippen molar-refractivity contribution in [3.8, 4) is 0 Å². The number of nitrogens with one attached hydrogen (secondary N) is 1. The number of anilines is 1. The van der Waals surface area contributed by atoms with Crippen LogP contribution in [0.2, 0.25) is 0 Å².